The van der Waals surface area contributed by atoms with E-state index in [2.05, 4.69) is 21.2 Å². The summed E-state index contributed by atoms with van der Waals surface area (Å²) < 4.78 is 27.3. The fourth-order valence-electron chi connectivity index (χ4n) is 2.22. The minimum absolute atomic E-state index is 0.167. The Morgan fingerprint density at radius 3 is 2.89 bits per heavy atom. The summed E-state index contributed by atoms with van der Waals surface area (Å²) in [5, 5.41) is 3.38. The van der Waals surface area contributed by atoms with Crippen molar-refractivity contribution in [3.8, 4) is 0 Å². The van der Waals surface area contributed by atoms with Gasteiger partial charge in [0.25, 0.3) is 0 Å². The molecule has 4 nitrogen and oxygen atoms in total. The van der Waals surface area contributed by atoms with Gasteiger partial charge in [-0.1, -0.05) is 17.7 Å². The smallest absolute Gasteiger partial charge is 0.244 e. The first kappa shape index (κ1) is 15.3. The Morgan fingerprint density at radius 1 is 1.47 bits per heavy atom. The summed E-state index contributed by atoms with van der Waals surface area (Å²) in [5.74, 6) is 0. The molecule has 7 heteroatoms. The number of nitrogens with one attached hydrogen (secondary N) is 1. The van der Waals surface area contributed by atoms with Crippen molar-refractivity contribution in [2.24, 2.45) is 0 Å². The van der Waals surface area contributed by atoms with Crippen LogP contribution < -0.4 is 5.32 Å². The maximum Gasteiger partial charge on any atom is 0.244 e. The molecule has 1 aromatic carbocycles. The van der Waals surface area contributed by atoms with Gasteiger partial charge in [-0.3, -0.25) is 0 Å². The molecule has 0 aromatic heterocycles. The lowest BCUT2D eigenvalue weighted by Gasteiger charge is -2.31. The molecular formula is C12H16BrClN2O2S. The van der Waals surface area contributed by atoms with Crippen LogP contribution in [0.5, 0.6) is 0 Å². The van der Waals surface area contributed by atoms with Crippen LogP contribution in [0.15, 0.2) is 27.6 Å². The second-order valence-electron chi connectivity index (χ2n) is 4.54. The number of hydrogen-bond acceptors (Lipinski definition) is 3. The maximum atomic E-state index is 12.6. The summed E-state index contributed by atoms with van der Waals surface area (Å²) in [6.45, 7) is 1.03. The predicted octanol–water partition coefficient (Wildman–Crippen LogP) is 2.48. The summed E-state index contributed by atoms with van der Waals surface area (Å²) in [6, 6.07) is 5.16. The van der Waals surface area contributed by atoms with Crippen molar-refractivity contribution >= 4 is 37.6 Å². The van der Waals surface area contributed by atoms with E-state index in [-0.39, 0.29) is 16.0 Å². The third-order valence-electron chi connectivity index (χ3n) is 3.33. The Balaban J connectivity index is 2.34. The molecule has 1 N–H and O–H groups in total. The molecule has 1 aromatic rings. The van der Waals surface area contributed by atoms with Crippen LogP contribution in [0.3, 0.4) is 0 Å². The van der Waals surface area contributed by atoms with Crippen molar-refractivity contribution in [3.63, 3.8) is 0 Å². The van der Waals surface area contributed by atoms with Crippen LogP contribution in [-0.4, -0.2) is 38.9 Å². The lowest BCUT2D eigenvalue weighted by molar-refractivity contribution is 0.293. The molecule has 0 radical (unpaired) electrons. The summed E-state index contributed by atoms with van der Waals surface area (Å²) in [4.78, 5) is 0.167. The van der Waals surface area contributed by atoms with Crippen LogP contribution in [0, 0.1) is 0 Å². The minimum atomic E-state index is -3.53. The normalized spacial score (nSPS) is 21.5. The molecule has 2 rings (SSSR count). The average Bonchev–Trinajstić information content (AvgIpc) is 2.41. The molecule has 1 saturated heterocycles. The minimum Gasteiger partial charge on any atom is -0.316 e. The summed E-state index contributed by atoms with van der Waals surface area (Å²) in [6.07, 6.45) is 1.85. The number of rotatable bonds is 3. The topological polar surface area (TPSA) is 49.4 Å². The molecule has 106 valence electrons. The van der Waals surface area contributed by atoms with Gasteiger partial charge in [-0.15, -0.1) is 0 Å². The van der Waals surface area contributed by atoms with Crippen LogP contribution in [0.2, 0.25) is 5.02 Å². The third kappa shape index (κ3) is 3.13. The van der Waals surface area contributed by atoms with Crippen molar-refractivity contribution < 1.29 is 8.42 Å². The van der Waals surface area contributed by atoms with Crippen molar-refractivity contribution in [2.45, 2.75) is 23.8 Å². The number of halogens is 2. The molecule has 1 unspecified atom stereocenters. The molecular weight excluding hydrogens is 352 g/mol. The highest BCUT2D eigenvalue weighted by Gasteiger charge is 2.31. The number of benzene rings is 1. The van der Waals surface area contributed by atoms with Gasteiger partial charge in [0.15, 0.2) is 0 Å². The monoisotopic (exact) mass is 366 g/mol. The van der Waals surface area contributed by atoms with Gasteiger partial charge in [0, 0.05) is 23.6 Å². The number of hydrogen-bond donors (Lipinski definition) is 1. The number of piperidine rings is 1. The van der Waals surface area contributed by atoms with E-state index >= 15 is 0 Å². The lowest BCUT2D eigenvalue weighted by atomic mass is 10.1. The summed E-state index contributed by atoms with van der Waals surface area (Å²) in [5.41, 5.74) is 0. The van der Waals surface area contributed by atoms with Crippen LogP contribution in [0.4, 0.5) is 0 Å². The first-order chi connectivity index (χ1) is 8.96. The van der Waals surface area contributed by atoms with Gasteiger partial charge in [0.2, 0.25) is 10.0 Å². The molecule has 1 fully saturated rings. The number of nitrogens with zero attached hydrogens (tertiary/aromatic N) is 1. The van der Waals surface area contributed by atoms with Crippen molar-refractivity contribution in [1.82, 2.24) is 9.62 Å². The molecule has 1 aliphatic rings. The first-order valence-corrected chi connectivity index (χ1v) is 8.69. The zero-order chi connectivity index (χ0) is 14.0. The Bertz CT molecular complexity index is 565. The van der Waals surface area contributed by atoms with Gasteiger partial charge in [-0.05, 0) is 48.0 Å². The largest absolute Gasteiger partial charge is 0.316 e. The third-order valence-corrected chi connectivity index (χ3v) is 6.64. The molecule has 0 saturated carbocycles. The van der Waals surface area contributed by atoms with E-state index in [9.17, 15) is 8.42 Å². The highest BCUT2D eigenvalue weighted by molar-refractivity contribution is 9.10. The van der Waals surface area contributed by atoms with E-state index in [4.69, 9.17) is 11.6 Å². The van der Waals surface area contributed by atoms with Crippen LogP contribution in [0.1, 0.15) is 12.8 Å². The molecule has 0 amide bonds. The van der Waals surface area contributed by atoms with E-state index < -0.39 is 10.0 Å². The average molecular weight is 368 g/mol. The lowest BCUT2D eigenvalue weighted by Crippen LogP contribution is -2.46. The second-order valence-corrected chi connectivity index (χ2v) is 7.68. The second kappa shape index (κ2) is 6.10. The van der Waals surface area contributed by atoms with Crippen molar-refractivity contribution in [1.29, 1.82) is 0 Å². The molecule has 0 aliphatic carbocycles. The van der Waals surface area contributed by atoms with E-state index in [1.807, 2.05) is 7.05 Å². The highest BCUT2D eigenvalue weighted by atomic mass is 79.9. The quantitative estimate of drug-likeness (QED) is 0.893. The zero-order valence-corrected chi connectivity index (χ0v) is 13.7. The zero-order valence-electron chi connectivity index (χ0n) is 10.6. The molecule has 1 aliphatic heterocycles. The van der Waals surface area contributed by atoms with Crippen molar-refractivity contribution in [2.75, 3.05) is 20.1 Å². The van der Waals surface area contributed by atoms with E-state index in [0.717, 1.165) is 12.8 Å². The van der Waals surface area contributed by atoms with E-state index in [1.165, 1.54) is 4.31 Å². The molecule has 0 bridgehead atoms. The fourth-order valence-corrected chi connectivity index (χ4v) is 4.75. The fraction of sp³-hybridized carbons (Fsp3) is 0.500. The Hall–Kier alpha value is -0.140. The first-order valence-electron chi connectivity index (χ1n) is 6.08. The highest BCUT2D eigenvalue weighted by Crippen LogP contribution is 2.32. The standard InChI is InChI=1S/C12H16BrClN2O2S/c1-15-9-4-3-7-16(8-9)19(17,18)11-6-2-5-10(13)12(11)14/h2,5-6,9,15H,3-4,7-8H2,1H3. The van der Waals surface area contributed by atoms with Gasteiger partial charge in [-0.2, -0.15) is 4.31 Å². The Kier molecular flexibility index (Phi) is 4.89. The van der Waals surface area contributed by atoms with Gasteiger partial charge >= 0.3 is 0 Å². The molecule has 1 heterocycles. The van der Waals surface area contributed by atoms with Gasteiger partial charge < -0.3 is 5.32 Å². The van der Waals surface area contributed by atoms with Crippen LogP contribution in [0.25, 0.3) is 0 Å². The van der Waals surface area contributed by atoms with Gasteiger partial charge in [-0.25, -0.2) is 8.42 Å². The van der Waals surface area contributed by atoms with Crippen molar-refractivity contribution in [3.05, 3.63) is 27.7 Å². The van der Waals surface area contributed by atoms with E-state index in [1.54, 1.807) is 18.2 Å². The number of sulfonamides is 1. The molecule has 1 atom stereocenters. The molecule has 0 spiro atoms. The molecule has 19 heavy (non-hydrogen) atoms. The van der Waals surface area contributed by atoms with Gasteiger partial charge in [0.1, 0.15) is 4.90 Å². The van der Waals surface area contributed by atoms with Crippen LogP contribution >= 0.6 is 27.5 Å². The predicted molar refractivity (Wildman–Crippen MR) is 80.0 cm³/mol. The van der Waals surface area contributed by atoms with Gasteiger partial charge in [0.05, 0.1) is 5.02 Å². The SMILES string of the molecule is CNC1CCCN(S(=O)(=O)c2cccc(Br)c2Cl)C1. The maximum absolute atomic E-state index is 12.6. The summed E-state index contributed by atoms with van der Waals surface area (Å²) >= 11 is 9.36. The Morgan fingerprint density at radius 2 is 2.21 bits per heavy atom. The van der Waals surface area contributed by atoms with Crippen LogP contribution in [-0.2, 0) is 10.0 Å². The summed E-state index contributed by atoms with van der Waals surface area (Å²) in [7, 11) is -1.67. The van der Waals surface area contributed by atoms with E-state index in [0.29, 0.717) is 17.6 Å². The Labute approximate surface area is 127 Å². The number of likely N-dealkylation sites (N-methyl/N-ethyl adjacent to an activating group) is 1.